The molecule has 2 aromatic heterocycles. The normalized spacial score (nSPS) is 12.3. The number of alkyl halides is 3. The highest BCUT2D eigenvalue weighted by Crippen LogP contribution is 2.33. The molecule has 0 saturated heterocycles. The van der Waals surface area contributed by atoms with Gasteiger partial charge in [0.15, 0.2) is 11.5 Å². The van der Waals surface area contributed by atoms with Crippen molar-refractivity contribution in [3.05, 3.63) is 71.4 Å². The monoisotopic (exact) mass is 401 g/mol. The van der Waals surface area contributed by atoms with Crippen molar-refractivity contribution in [3.8, 4) is 5.95 Å². The van der Waals surface area contributed by atoms with Gasteiger partial charge in [0.1, 0.15) is 6.33 Å². The van der Waals surface area contributed by atoms with E-state index in [9.17, 15) is 18.0 Å². The summed E-state index contributed by atoms with van der Waals surface area (Å²) in [7, 11) is 1.43. The smallest absolute Gasteiger partial charge is 0.332 e. The van der Waals surface area contributed by atoms with Crippen LogP contribution in [-0.2, 0) is 6.18 Å². The molecule has 11 heteroatoms. The van der Waals surface area contributed by atoms with Crippen molar-refractivity contribution < 1.29 is 18.0 Å². The van der Waals surface area contributed by atoms with Crippen molar-refractivity contribution in [1.82, 2.24) is 29.6 Å². The largest absolute Gasteiger partial charge is 0.415 e. The van der Waals surface area contributed by atoms with Gasteiger partial charge < -0.3 is 4.90 Å². The topological polar surface area (TPSA) is 81.2 Å². The van der Waals surface area contributed by atoms with Gasteiger partial charge in [-0.1, -0.05) is 0 Å². The summed E-state index contributed by atoms with van der Waals surface area (Å²) in [5, 5.41) is 4.05. The first-order valence-electron chi connectivity index (χ1n) is 8.26. The van der Waals surface area contributed by atoms with E-state index in [0.717, 1.165) is 12.1 Å². The lowest BCUT2D eigenvalue weighted by Crippen LogP contribution is -2.31. The Kier molecular flexibility index (Phi) is 5.27. The first-order chi connectivity index (χ1) is 13.7. The fourth-order valence-electron chi connectivity index (χ4n) is 2.61. The Bertz CT molecular complexity index is 1070. The van der Waals surface area contributed by atoms with E-state index in [0.29, 0.717) is 11.9 Å². The third-order valence-corrected chi connectivity index (χ3v) is 4.21. The van der Waals surface area contributed by atoms with E-state index in [4.69, 9.17) is 6.57 Å². The van der Waals surface area contributed by atoms with Gasteiger partial charge >= 0.3 is 6.18 Å². The molecular weight excluding hydrogens is 387 g/mol. The van der Waals surface area contributed by atoms with Crippen LogP contribution in [0.25, 0.3) is 10.8 Å². The molecule has 148 valence electrons. The summed E-state index contributed by atoms with van der Waals surface area (Å²) in [6.45, 7) is 8.65. The first-order valence-corrected chi connectivity index (χ1v) is 8.26. The van der Waals surface area contributed by atoms with Crippen molar-refractivity contribution in [3.63, 3.8) is 0 Å². The number of nitrogens with zero attached hydrogens (tertiary/aromatic N) is 7. The molecule has 0 fully saturated rings. The van der Waals surface area contributed by atoms with Crippen LogP contribution in [0.3, 0.4) is 0 Å². The number of aromatic nitrogens is 5. The lowest BCUT2D eigenvalue weighted by atomic mass is 10.1. The molecule has 0 aliphatic rings. The lowest BCUT2D eigenvalue weighted by Gasteiger charge is -2.25. The molecule has 0 N–H and O–H groups in total. The number of rotatable bonds is 4. The molecule has 1 atom stereocenters. The second-order valence-corrected chi connectivity index (χ2v) is 6.05. The number of amides is 1. The molecule has 2 heterocycles. The summed E-state index contributed by atoms with van der Waals surface area (Å²) in [6, 6.07) is 3.52. The number of hydrogen-bond acceptors (Lipinski definition) is 5. The predicted molar refractivity (Wildman–Crippen MR) is 95.2 cm³/mol. The fourth-order valence-corrected chi connectivity index (χ4v) is 2.61. The minimum Gasteiger partial charge on any atom is -0.332 e. The number of carbonyl (C=O) groups is 1. The highest BCUT2D eigenvalue weighted by Gasteiger charge is 2.32. The van der Waals surface area contributed by atoms with Crippen LogP contribution >= 0.6 is 0 Å². The van der Waals surface area contributed by atoms with Gasteiger partial charge in [-0.3, -0.25) is 4.79 Å². The maximum Gasteiger partial charge on any atom is 0.415 e. The van der Waals surface area contributed by atoms with Crippen molar-refractivity contribution >= 4 is 11.6 Å². The predicted octanol–water partition coefficient (Wildman–Crippen LogP) is 3.46. The van der Waals surface area contributed by atoms with Crippen LogP contribution in [-0.4, -0.2) is 42.6 Å². The van der Waals surface area contributed by atoms with Gasteiger partial charge in [0.25, 0.3) is 11.9 Å². The zero-order valence-corrected chi connectivity index (χ0v) is 15.3. The van der Waals surface area contributed by atoms with Gasteiger partial charge in [0.05, 0.1) is 12.6 Å². The zero-order chi connectivity index (χ0) is 21.2. The van der Waals surface area contributed by atoms with E-state index in [1.54, 1.807) is 13.0 Å². The second-order valence-electron chi connectivity index (χ2n) is 6.05. The molecule has 0 aliphatic heterocycles. The van der Waals surface area contributed by atoms with Gasteiger partial charge in [-0.25, -0.2) is 19.8 Å². The van der Waals surface area contributed by atoms with E-state index in [-0.39, 0.29) is 17.2 Å². The van der Waals surface area contributed by atoms with Crippen molar-refractivity contribution in [2.45, 2.75) is 19.1 Å². The Morgan fingerprint density at radius 3 is 2.52 bits per heavy atom. The SMILES string of the molecule is [C-]#[N+]c1cc(C(=O)N(C)C(C)c2ncnn2-c2ncccn2)cc(C(F)(F)F)c1. The molecule has 1 unspecified atom stereocenters. The van der Waals surface area contributed by atoms with Crippen LogP contribution in [0.4, 0.5) is 18.9 Å². The molecule has 1 amide bonds. The van der Waals surface area contributed by atoms with Gasteiger partial charge in [0, 0.05) is 30.6 Å². The number of benzene rings is 1. The summed E-state index contributed by atoms with van der Waals surface area (Å²) >= 11 is 0. The van der Waals surface area contributed by atoms with Crippen LogP contribution in [0.5, 0.6) is 0 Å². The average molecular weight is 401 g/mol. The van der Waals surface area contributed by atoms with Crippen LogP contribution in [0, 0.1) is 6.57 Å². The molecule has 0 radical (unpaired) electrons. The van der Waals surface area contributed by atoms with Crippen molar-refractivity contribution in [1.29, 1.82) is 0 Å². The van der Waals surface area contributed by atoms with Crippen molar-refractivity contribution in [2.24, 2.45) is 0 Å². The molecule has 1 aromatic carbocycles. The molecule has 0 bridgehead atoms. The Morgan fingerprint density at radius 1 is 1.21 bits per heavy atom. The third-order valence-electron chi connectivity index (χ3n) is 4.21. The van der Waals surface area contributed by atoms with Gasteiger partial charge in [-0.2, -0.15) is 23.0 Å². The Labute approximate surface area is 163 Å². The fraction of sp³-hybridized carbons (Fsp3) is 0.222. The summed E-state index contributed by atoms with van der Waals surface area (Å²) in [5.74, 6) is -0.136. The third kappa shape index (κ3) is 4.06. The molecule has 0 aliphatic carbocycles. The maximum absolute atomic E-state index is 13.1. The molecule has 0 spiro atoms. The van der Waals surface area contributed by atoms with Crippen LogP contribution in [0.1, 0.15) is 34.7 Å². The van der Waals surface area contributed by atoms with Crippen LogP contribution in [0.2, 0.25) is 0 Å². The molecule has 8 nitrogen and oxygen atoms in total. The van der Waals surface area contributed by atoms with E-state index in [1.807, 2.05) is 0 Å². The minimum absolute atomic E-state index is 0.238. The first kappa shape index (κ1) is 19.9. The van der Waals surface area contributed by atoms with E-state index in [2.05, 4.69) is 24.9 Å². The number of carbonyl (C=O) groups excluding carboxylic acids is 1. The van der Waals surface area contributed by atoms with Crippen molar-refractivity contribution in [2.75, 3.05) is 7.05 Å². The van der Waals surface area contributed by atoms with Gasteiger partial charge in [0.2, 0.25) is 0 Å². The minimum atomic E-state index is -4.68. The Hall–Kier alpha value is -3.81. The molecule has 3 rings (SSSR count). The second kappa shape index (κ2) is 7.67. The molecule has 0 saturated carbocycles. The highest BCUT2D eigenvalue weighted by molar-refractivity contribution is 5.95. The van der Waals surface area contributed by atoms with E-state index < -0.39 is 23.7 Å². The average Bonchev–Trinajstić information content (AvgIpc) is 3.21. The molecule has 3 aromatic rings. The van der Waals surface area contributed by atoms with Gasteiger partial charge in [-0.15, -0.1) is 0 Å². The molecule has 29 heavy (non-hydrogen) atoms. The summed E-state index contributed by atoms with van der Waals surface area (Å²) < 4.78 is 40.7. The summed E-state index contributed by atoms with van der Waals surface area (Å²) in [4.78, 5) is 29.4. The van der Waals surface area contributed by atoms with Crippen LogP contribution in [0.15, 0.2) is 43.0 Å². The lowest BCUT2D eigenvalue weighted by molar-refractivity contribution is -0.137. The standard InChI is InChI=1S/C18H14F3N7O/c1-11(15-25-10-26-28(15)17-23-5-4-6-24-17)27(3)16(29)12-7-13(18(19,20)21)9-14(8-12)22-2/h4-11H,1,3H3. The number of halogens is 3. The Balaban J connectivity index is 1.94. The Morgan fingerprint density at radius 2 is 1.90 bits per heavy atom. The maximum atomic E-state index is 13.1. The summed E-state index contributed by atoms with van der Waals surface area (Å²) in [5.41, 5.74) is -1.58. The molecular formula is C18H14F3N7O. The van der Waals surface area contributed by atoms with E-state index >= 15 is 0 Å². The zero-order valence-electron chi connectivity index (χ0n) is 15.3. The highest BCUT2D eigenvalue weighted by atomic mass is 19.4. The number of hydrogen-bond donors (Lipinski definition) is 0. The summed E-state index contributed by atoms with van der Waals surface area (Å²) in [6.07, 6.45) is -0.379. The van der Waals surface area contributed by atoms with E-state index in [1.165, 1.54) is 35.4 Å². The van der Waals surface area contributed by atoms with Gasteiger partial charge in [-0.05, 0) is 31.2 Å². The van der Waals surface area contributed by atoms with Crippen LogP contribution < -0.4 is 0 Å². The quantitative estimate of drug-likeness (QED) is 0.626.